The van der Waals surface area contributed by atoms with Crippen molar-refractivity contribution in [2.24, 2.45) is 0 Å². The SMILES string of the molecule is COC[C@@H]1CCCN1S(=O)(=O)c1ccc2c(c1)CN(S(C)(=O)=O)CC2. The smallest absolute Gasteiger partial charge is 0.243 e. The summed E-state index contributed by atoms with van der Waals surface area (Å²) in [5, 5.41) is 0. The molecule has 0 saturated carbocycles. The third kappa shape index (κ3) is 3.75. The molecular weight excluding hydrogens is 364 g/mol. The molecule has 140 valence electrons. The Morgan fingerprint density at radius 1 is 1.16 bits per heavy atom. The van der Waals surface area contributed by atoms with E-state index in [1.165, 1.54) is 14.9 Å². The Morgan fingerprint density at radius 2 is 1.92 bits per heavy atom. The van der Waals surface area contributed by atoms with Gasteiger partial charge in [-0.25, -0.2) is 16.8 Å². The van der Waals surface area contributed by atoms with Gasteiger partial charge in [0, 0.05) is 32.8 Å². The highest BCUT2D eigenvalue weighted by Crippen LogP contribution is 2.29. The van der Waals surface area contributed by atoms with E-state index in [-0.39, 0.29) is 17.5 Å². The lowest BCUT2D eigenvalue weighted by molar-refractivity contribution is 0.149. The number of benzene rings is 1. The standard InChI is InChI=1S/C16H24N2O5S2/c1-23-12-15-4-3-8-18(15)25(21,22)16-6-5-13-7-9-17(24(2,19)20)11-14(13)10-16/h5-6,10,15H,3-4,7-9,11-12H2,1-2H3/t15-/m0/s1. The van der Waals surface area contributed by atoms with Crippen LogP contribution in [0.25, 0.3) is 0 Å². The average molecular weight is 389 g/mol. The van der Waals surface area contributed by atoms with Gasteiger partial charge < -0.3 is 4.74 Å². The summed E-state index contributed by atoms with van der Waals surface area (Å²) in [6, 6.07) is 4.93. The van der Waals surface area contributed by atoms with E-state index in [4.69, 9.17) is 4.74 Å². The molecule has 1 saturated heterocycles. The molecule has 1 fully saturated rings. The summed E-state index contributed by atoms with van der Waals surface area (Å²) in [5.74, 6) is 0. The van der Waals surface area contributed by atoms with Crippen LogP contribution in [0.1, 0.15) is 24.0 Å². The van der Waals surface area contributed by atoms with Gasteiger partial charge in [0.1, 0.15) is 0 Å². The third-order valence-electron chi connectivity index (χ3n) is 4.91. The molecule has 1 atom stereocenters. The molecule has 0 radical (unpaired) electrons. The average Bonchev–Trinajstić information content (AvgIpc) is 3.02. The van der Waals surface area contributed by atoms with Crippen LogP contribution in [0.3, 0.4) is 0 Å². The van der Waals surface area contributed by atoms with Gasteiger partial charge in [0.25, 0.3) is 0 Å². The summed E-state index contributed by atoms with van der Waals surface area (Å²) >= 11 is 0. The largest absolute Gasteiger partial charge is 0.383 e. The van der Waals surface area contributed by atoms with Gasteiger partial charge in [0.05, 0.1) is 17.8 Å². The van der Waals surface area contributed by atoms with Gasteiger partial charge in [0.15, 0.2) is 0 Å². The highest BCUT2D eigenvalue weighted by molar-refractivity contribution is 7.89. The molecule has 25 heavy (non-hydrogen) atoms. The molecule has 1 aromatic carbocycles. The minimum atomic E-state index is -3.61. The Balaban J connectivity index is 1.91. The molecule has 7 nitrogen and oxygen atoms in total. The van der Waals surface area contributed by atoms with Crippen LogP contribution in [0, 0.1) is 0 Å². The minimum absolute atomic E-state index is 0.140. The normalized spacial score (nSPS) is 22.9. The summed E-state index contributed by atoms with van der Waals surface area (Å²) < 4.78 is 57.7. The van der Waals surface area contributed by atoms with Crippen LogP contribution in [0.15, 0.2) is 23.1 Å². The molecule has 1 aromatic rings. The van der Waals surface area contributed by atoms with Crippen LogP contribution in [0.4, 0.5) is 0 Å². The summed E-state index contributed by atoms with van der Waals surface area (Å²) in [5.41, 5.74) is 1.77. The predicted octanol–water partition coefficient (Wildman–Crippen LogP) is 0.804. The van der Waals surface area contributed by atoms with Crippen molar-refractivity contribution >= 4 is 20.0 Å². The van der Waals surface area contributed by atoms with E-state index in [0.29, 0.717) is 26.1 Å². The van der Waals surface area contributed by atoms with Crippen LogP contribution in [-0.4, -0.2) is 64.5 Å². The molecular formula is C16H24N2O5S2. The Morgan fingerprint density at radius 3 is 2.60 bits per heavy atom. The van der Waals surface area contributed by atoms with Gasteiger partial charge in [-0.05, 0) is 42.5 Å². The fourth-order valence-corrected chi connectivity index (χ4v) is 6.10. The maximum atomic E-state index is 13.0. The molecule has 0 N–H and O–H groups in total. The first kappa shape index (κ1) is 18.8. The van der Waals surface area contributed by atoms with Crippen molar-refractivity contribution < 1.29 is 21.6 Å². The third-order valence-corrected chi connectivity index (χ3v) is 8.11. The van der Waals surface area contributed by atoms with E-state index in [9.17, 15) is 16.8 Å². The number of rotatable bonds is 5. The van der Waals surface area contributed by atoms with Crippen molar-refractivity contribution in [3.05, 3.63) is 29.3 Å². The molecule has 0 aromatic heterocycles. The number of nitrogens with zero attached hydrogens (tertiary/aromatic N) is 2. The van der Waals surface area contributed by atoms with Crippen molar-refractivity contribution in [1.29, 1.82) is 0 Å². The second-order valence-corrected chi connectivity index (χ2v) is 10.5. The molecule has 2 heterocycles. The number of fused-ring (bicyclic) bond motifs is 1. The first-order valence-corrected chi connectivity index (χ1v) is 11.6. The summed E-state index contributed by atoms with van der Waals surface area (Å²) in [6.45, 7) is 1.52. The number of hydrogen-bond acceptors (Lipinski definition) is 5. The number of sulfonamides is 2. The molecule has 0 unspecified atom stereocenters. The Kier molecular flexibility index (Phi) is 5.23. The maximum Gasteiger partial charge on any atom is 0.243 e. The van der Waals surface area contributed by atoms with E-state index in [0.717, 1.165) is 24.0 Å². The van der Waals surface area contributed by atoms with Crippen LogP contribution in [0.2, 0.25) is 0 Å². The summed E-state index contributed by atoms with van der Waals surface area (Å²) in [4.78, 5) is 0.226. The van der Waals surface area contributed by atoms with Gasteiger partial charge in [-0.2, -0.15) is 8.61 Å². The Labute approximate surface area is 149 Å². The van der Waals surface area contributed by atoms with Crippen LogP contribution in [0.5, 0.6) is 0 Å². The fraction of sp³-hybridized carbons (Fsp3) is 0.625. The van der Waals surface area contributed by atoms with Gasteiger partial charge >= 0.3 is 0 Å². The topological polar surface area (TPSA) is 84.0 Å². The monoisotopic (exact) mass is 388 g/mol. The van der Waals surface area contributed by atoms with Gasteiger partial charge in [-0.1, -0.05) is 6.07 Å². The lowest BCUT2D eigenvalue weighted by Gasteiger charge is -2.28. The van der Waals surface area contributed by atoms with Crippen molar-refractivity contribution in [3.63, 3.8) is 0 Å². The van der Waals surface area contributed by atoms with Crippen molar-refractivity contribution in [2.75, 3.05) is 33.1 Å². The Hall–Kier alpha value is -1.00. The highest BCUT2D eigenvalue weighted by Gasteiger charge is 2.36. The first-order chi connectivity index (χ1) is 11.7. The van der Waals surface area contributed by atoms with Gasteiger partial charge in [0.2, 0.25) is 20.0 Å². The lowest BCUT2D eigenvalue weighted by Crippen LogP contribution is -2.38. The molecule has 9 heteroatoms. The molecule has 3 rings (SSSR count). The van der Waals surface area contributed by atoms with Gasteiger partial charge in [-0.3, -0.25) is 0 Å². The van der Waals surface area contributed by atoms with E-state index >= 15 is 0 Å². The zero-order valence-corrected chi connectivity index (χ0v) is 16.1. The van der Waals surface area contributed by atoms with Gasteiger partial charge in [-0.15, -0.1) is 0 Å². The molecule has 2 aliphatic rings. The summed E-state index contributed by atoms with van der Waals surface area (Å²) in [7, 11) is -5.33. The van der Waals surface area contributed by atoms with Crippen molar-refractivity contribution in [3.8, 4) is 0 Å². The number of methoxy groups -OCH3 is 1. The van der Waals surface area contributed by atoms with E-state index in [2.05, 4.69) is 0 Å². The minimum Gasteiger partial charge on any atom is -0.383 e. The van der Waals surface area contributed by atoms with E-state index < -0.39 is 20.0 Å². The molecule has 0 bridgehead atoms. The molecule has 2 aliphatic heterocycles. The van der Waals surface area contributed by atoms with Crippen molar-refractivity contribution in [1.82, 2.24) is 8.61 Å². The first-order valence-electron chi connectivity index (χ1n) is 8.31. The van der Waals surface area contributed by atoms with Crippen LogP contribution >= 0.6 is 0 Å². The highest BCUT2D eigenvalue weighted by atomic mass is 32.2. The van der Waals surface area contributed by atoms with Crippen LogP contribution in [-0.2, 0) is 37.7 Å². The molecule has 0 aliphatic carbocycles. The lowest BCUT2D eigenvalue weighted by atomic mass is 10.0. The van der Waals surface area contributed by atoms with Crippen LogP contribution < -0.4 is 0 Å². The number of hydrogen-bond donors (Lipinski definition) is 0. The zero-order valence-electron chi connectivity index (χ0n) is 14.5. The van der Waals surface area contributed by atoms with Crippen molar-refractivity contribution in [2.45, 2.75) is 36.7 Å². The zero-order chi connectivity index (χ0) is 18.2. The second kappa shape index (κ2) is 6.96. The van der Waals surface area contributed by atoms with E-state index in [1.54, 1.807) is 19.2 Å². The fourth-order valence-electron chi connectivity index (χ4n) is 3.57. The molecule has 0 amide bonds. The Bertz CT molecular complexity index is 851. The second-order valence-electron chi connectivity index (χ2n) is 6.64. The maximum absolute atomic E-state index is 13.0. The predicted molar refractivity (Wildman–Crippen MR) is 94.2 cm³/mol. The molecule has 0 spiro atoms. The van der Waals surface area contributed by atoms with E-state index in [1.807, 2.05) is 6.07 Å². The summed E-state index contributed by atoms with van der Waals surface area (Å²) in [6.07, 6.45) is 3.39. The quantitative estimate of drug-likeness (QED) is 0.745. The number of ether oxygens (including phenoxy) is 1.